The Bertz CT molecular complexity index is 617. The van der Waals surface area contributed by atoms with E-state index in [1.54, 1.807) is 6.07 Å². The number of sulfonamides is 1. The van der Waals surface area contributed by atoms with Crippen molar-refractivity contribution in [3.05, 3.63) is 22.7 Å². The minimum absolute atomic E-state index is 0.0176. The van der Waals surface area contributed by atoms with Crippen LogP contribution in [0.4, 0.5) is 5.69 Å². The summed E-state index contributed by atoms with van der Waals surface area (Å²) >= 11 is 3.21. The number of likely N-dealkylation sites (N-methyl/N-ethyl adjacent to an activating group) is 1. The number of benzene rings is 1. The molecule has 0 aliphatic heterocycles. The minimum atomic E-state index is -3.81. The quantitative estimate of drug-likeness (QED) is 0.733. The summed E-state index contributed by atoms with van der Waals surface area (Å²) in [5.74, 6) is -0.0417. The van der Waals surface area contributed by atoms with Crippen LogP contribution in [0.1, 0.15) is 13.8 Å². The van der Waals surface area contributed by atoms with Gasteiger partial charge in [0.2, 0.25) is 15.9 Å². The van der Waals surface area contributed by atoms with Crippen LogP contribution in [-0.2, 0) is 14.8 Å². The molecule has 0 spiro atoms. The predicted molar refractivity (Wildman–Crippen MR) is 86.2 cm³/mol. The molecule has 1 aromatic carbocycles. The molecule has 0 heterocycles. The van der Waals surface area contributed by atoms with Gasteiger partial charge in [-0.1, -0.05) is 29.8 Å². The molecule has 0 aliphatic rings. The molecule has 0 saturated heterocycles. The highest BCUT2D eigenvalue weighted by Crippen LogP contribution is 2.25. The number of hydrogen-bond donors (Lipinski definition) is 2. The molecule has 21 heavy (non-hydrogen) atoms. The first-order chi connectivity index (χ1) is 9.64. The maximum absolute atomic E-state index is 12.4. The van der Waals surface area contributed by atoms with Crippen LogP contribution in [0.25, 0.3) is 0 Å². The third-order valence-electron chi connectivity index (χ3n) is 2.74. The van der Waals surface area contributed by atoms with E-state index < -0.39 is 10.0 Å². The zero-order chi connectivity index (χ0) is 16.2. The van der Waals surface area contributed by atoms with Crippen molar-refractivity contribution in [3.8, 4) is 0 Å². The molecule has 1 aromatic rings. The van der Waals surface area contributed by atoms with Gasteiger partial charge in [-0.2, -0.15) is 4.31 Å². The molecular weight excluding hydrogens is 358 g/mol. The van der Waals surface area contributed by atoms with E-state index in [-0.39, 0.29) is 23.0 Å². The molecule has 8 heteroatoms. The summed E-state index contributed by atoms with van der Waals surface area (Å²) in [5.41, 5.74) is 5.86. The lowest BCUT2D eigenvalue weighted by molar-refractivity contribution is -0.121. The second kappa shape index (κ2) is 7.24. The Labute approximate surface area is 133 Å². The van der Waals surface area contributed by atoms with Crippen molar-refractivity contribution in [1.82, 2.24) is 9.62 Å². The van der Waals surface area contributed by atoms with Gasteiger partial charge in [0.25, 0.3) is 0 Å². The zero-order valence-corrected chi connectivity index (χ0v) is 14.7. The largest absolute Gasteiger partial charge is 0.398 e. The number of carbonyl (C=O) groups excluding carboxylic acids is 1. The number of nitrogen functional groups attached to an aromatic ring is 1. The number of amides is 1. The first-order valence-corrected chi connectivity index (χ1v) is 8.66. The molecule has 0 fully saturated rings. The monoisotopic (exact) mass is 377 g/mol. The van der Waals surface area contributed by atoms with Crippen molar-refractivity contribution >= 4 is 37.5 Å². The molecule has 6 nitrogen and oxygen atoms in total. The van der Waals surface area contributed by atoms with Crippen molar-refractivity contribution < 1.29 is 13.2 Å². The summed E-state index contributed by atoms with van der Waals surface area (Å²) in [7, 11) is -2.46. The van der Waals surface area contributed by atoms with E-state index in [1.807, 2.05) is 13.8 Å². The zero-order valence-electron chi connectivity index (χ0n) is 12.3. The number of rotatable bonds is 6. The van der Waals surface area contributed by atoms with Crippen molar-refractivity contribution in [2.45, 2.75) is 18.7 Å². The van der Waals surface area contributed by atoms with E-state index in [9.17, 15) is 13.2 Å². The number of halogens is 1. The average molecular weight is 378 g/mol. The molecule has 0 bridgehead atoms. The highest BCUT2D eigenvalue weighted by atomic mass is 79.9. The van der Waals surface area contributed by atoms with Crippen LogP contribution < -0.4 is 11.1 Å². The first kappa shape index (κ1) is 17.9. The molecular formula is C13H20BrN3O3S. The van der Waals surface area contributed by atoms with Crippen LogP contribution in [0.15, 0.2) is 27.6 Å². The molecule has 1 rings (SSSR count). The van der Waals surface area contributed by atoms with Gasteiger partial charge in [-0.25, -0.2) is 8.42 Å². The van der Waals surface area contributed by atoms with E-state index in [0.717, 1.165) is 4.31 Å². The average Bonchev–Trinajstić information content (AvgIpc) is 2.39. The van der Waals surface area contributed by atoms with Crippen LogP contribution in [-0.4, -0.2) is 38.8 Å². The van der Waals surface area contributed by atoms with E-state index >= 15 is 0 Å². The summed E-state index contributed by atoms with van der Waals surface area (Å²) in [6, 6.07) is 4.58. The van der Waals surface area contributed by atoms with Crippen LogP contribution in [0.5, 0.6) is 0 Å². The minimum Gasteiger partial charge on any atom is -0.398 e. The molecule has 118 valence electrons. The molecule has 0 unspecified atom stereocenters. The Kier molecular flexibility index (Phi) is 6.18. The van der Waals surface area contributed by atoms with E-state index in [0.29, 0.717) is 16.9 Å². The first-order valence-electron chi connectivity index (χ1n) is 6.42. The normalized spacial score (nSPS) is 11.9. The van der Waals surface area contributed by atoms with Gasteiger partial charge < -0.3 is 11.1 Å². The van der Waals surface area contributed by atoms with E-state index in [2.05, 4.69) is 21.2 Å². The van der Waals surface area contributed by atoms with Crippen molar-refractivity contribution in [1.29, 1.82) is 0 Å². The topological polar surface area (TPSA) is 92.5 Å². The van der Waals surface area contributed by atoms with Gasteiger partial charge in [-0.05, 0) is 24.1 Å². The molecule has 0 aliphatic carbocycles. The Hall–Kier alpha value is -1.12. The van der Waals surface area contributed by atoms with E-state index in [1.165, 1.54) is 19.2 Å². The van der Waals surface area contributed by atoms with Gasteiger partial charge in [-0.3, -0.25) is 4.79 Å². The highest BCUT2D eigenvalue weighted by molar-refractivity contribution is 9.10. The van der Waals surface area contributed by atoms with Crippen LogP contribution in [0, 0.1) is 5.92 Å². The third-order valence-corrected chi connectivity index (χ3v) is 5.09. The summed E-state index contributed by atoms with van der Waals surface area (Å²) in [6.07, 6.45) is 0. The second-order valence-electron chi connectivity index (χ2n) is 5.14. The Balaban J connectivity index is 2.87. The number of nitrogens with two attached hydrogens (primary N) is 1. The Morgan fingerprint density at radius 2 is 2.05 bits per heavy atom. The second-order valence-corrected chi connectivity index (χ2v) is 8.07. The number of carbonyl (C=O) groups is 1. The van der Waals surface area contributed by atoms with Crippen LogP contribution in [0.2, 0.25) is 0 Å². The van der Waals surface area contributed by atoms with Crippen LogP contribution in [0.3, 0.4) is 0 Å². The van der Waals surface area contributed by atoms with Crippen molar-refractivity contribution in [3.63, 3.8) is 0 Å². The van der Waals surface area contributed by atoms with Gasteiger partial charge in [0.1, 0.15) is 4.90 Å². The lowest BCUT2D eigenvalue weighted by atomic mass is 10.2. The summed E-state index contributed by atoms with van der Waals surface area (Å²) < 4.78 is 26.4. The SMILES string of the molecule is CC(C)CNC(=O)CN(C)S(=O)(=O)c1cc(Br)ccc1N. The molecule has 0 saturated carbocycles. The standard InChI is InChI=1S/C13H20BrN3O3S/c1-9(2)7-16-13(18)8-17(3)21(19,20)12-6-10(14)4-5-11(12)15/h4-6,9H,7-8,15H2,1-3H3,(H,16,18). The molecule has 3 N–H and O–H groups in total. The van der Waals surface area contributed by atoms with Gasteiger partial charge in [0.15, 0.2) is 0 Å². The highest BCUT2D eigenvalue weighted by Gasteiger charge is 2.25. The fourth-order valence-corrected chi connectivity index (χ4v) is 3.34. The smallest absolute Gasteiger partial charge is 0.245 e. The lowest BCUT2D eigenvalue weighted by Gasteiger charge is -2.18. The van der Waals surface area contributed by atoms with E-state index in [4.69, 9.17) is 5.73 Å². The maximum atomic E-state index is 12.4. The van der Waals surface area contributed by atoms with Crippen molar-refractivity contribution in [2.24, 2.45) is 5.92 Å². The number of nitrogens with one attached hydrogen (secondary N) is 1. The van der Waals surface area contributed by atoms with Gasteiger partial charge in [0.05, 0.1) is 12.2 Å². The fraction of sp³-hybridized carbons (Fsp3) is 0.462. The summed E-state index contributed by atoms with van der Waals surface area (Å²) in [6.45, 7) is 4.18. The van der Waals surface area contributed by atoms with Crippen LogP contribution >= 0.6 is 15.9 Å². The third kappa shape index (κ3) is 4.98. The summed E-state index contributed by atoms with van der Waals surface area (Å²) in [4.78, 5) is 11.7. The Morgan fingerprint density at radius 1 is 1.43 bits per heavy atom. The number of nitrogens with zero attached hydrogens (tertiary/aromatic N) is 1. The van der Waals surface area contributed by atoms with Crippen molar-refractivity contribution in [2.75, 3.05) is 25.9 Å². The van der Waals surface area contributed by atoms with Gasteiger partial charge in [-0.15, -0.1) is 0 Å². The molecule has 0 aromatic heterocycles. The predicted octanol–water partition coefficient (Wildman–Crippen LogP) is 1.42. The van der Waals surface area contributed by atoms with Gasteiger partial charge >= 0.3 is 0 Å². The number of anilines is 1. The molecule has 0 atom stereocenters. The molecule has 0 radical (unpaired) electrons. The Morgan fingerprint density at radius 3 is 2.62 bits per heavy atom. The van der Waals surface area contributed by atoms with Gasteiger partial charge in [0, 0.05) is 18.1 Å². The maximum Gasteiger partial charge on any atom is 0.245 e. The molecule has 1 amide bonds. The lowest BCUT2D eigenvalue weighted by Crippen LogP contribution is -2.39. The number of hydrogen-bond acceptors (Lipinski definition) is 4. The fourth-order valence-electron chi connectivity index (χ4n) is 1.56. The summed E-state index contributed by atoms with van der Waals surface area (Å²) in [5, 5.41) is 2.68.